The van der Waals surface area contributed by atoms with Crippen LogP contribution in [0.15, 0.2) is 36.4 Å². The van der Waals surface area contributed by atoms with Crippen LogP contribution in [0, 0.1) is 34.5 Å². The van der Waals surface area contributed by atoms with Crippen LogP contribution in [0.25, 0.3) is 0 Å². The molecule has 0 saturated carbocycles. The zero-order valence-electron chi connectivity index (χ0n) is 27.1. The Morgan fingerprint density at radius 2 is 0.891 bits per heavy atom. The second-order valence-electron chi connectivity index (χ2n) is 10.7. The lowest BCUT2D eigenvalue weighted by Crippen LogP contribution is -2.36. The maximum atomic E-state index is 11.7. The molecule has 2 rings (SSSR count). The van der Waals surface area contributed by atoms with Gasteiger partial charge in [-0.05, 0) is 97.6 Å². The molecule has 0 amide bonds. The number of hydrogen-bond acceptors (Lipinski definition) is 10. The number of rotatable bonds is 20. The van der Waals surface area contributed by atoms with Crippen molar-refractivity contribution in [1.82, 2.24) is 0 Å². The fourth-order valence-corrected chi connectivity index (χ4v) is 10.9. The Labute approximate surface area is 299 Å². The topological polar surface area (TPSA) is 93.1 Å². The Kier molecular flexibility index (Phi) is 18.6. The van der Waals surface area contributed by atoms with E-state index >= 15 is 0 Å². The molecule has 0 atom stereocenters. The molecule has 6 nitrogen and oxygen atoms in total. The van der Waals surface area contributed by atoms with E-state index in [0.717, 1.165) is 34.5 Å². The number of thioether (sulfide) groups is 6. The van der Waals surface area contributed by atoms with E-state index < -0.39 is 11.9 Å². The molecule has 2 aromatic carbocycles. The highest BCUT2D eigenvalue weighted by Gasteiger charge is 2.31. The maximum Gasteiger partial charge on any atom is 0.335 e. The van der Waals surface area contributed by atoms with Gasteiger partial charge in [-0.25, -0.2) is 9.59 Å². The van der Waals surface area contributed by atoms with E-state index in [0.29, 0.717) is 35.8 Å². The van der Waals surface area contributed by atoms with E-state index in [2.05, 4.69) is 61.2 Å². The van der Waals surface area contributed by atoms with Crippen LogP contribution in [0.5, 0.6) is 11.5 Å². The van der Waals surface area contributed by atoms with Gasteiger partial charge in [0.2, 0.25) is 0 Å². The Bertz CT molecular complexity index is 1280. The van der Waals surface area contributed by atoms with Crippen molar-refractivity contribution in [3.8, 4) is 35.2 Å². The normalized spacial score (nSPS) is 11.2. The van der Waals surface area contributed by atoms with E-state index in [1.807, 2.05) is 0 Å². The van der Waals surface area contributed by atoms with Crippen LogP contribution in [0.3, 0.4) is 0 Å². The maximum absolute atomic E-state index is 11.7. The Balaban J connectivity index is 2.45. The van der Waals surface area contributed by atoms with Crippen molar-refractivity contribution in [3.63, 3.8) is 0 Å². The van der Waals surface area contributed by atoms with E-state index in [1.54, 1.807) is 82.7 Å². The van der Waals surface area contributed by atoms with Gasteiger partial charge in [-0.2, -0.15) is 70.6 Å². The third kappa shape index (κ3) is 12.7. The minimum atomic E-state index is -1.04. The van der Waals surface area contributed by atoms with E-state index in [1.165, 1.54) is 24.3 Å². The van der Waals surface area contributed by atoms with Crippen LogP contribution >= 0.6 is 70.6 Å². The average Bonchev–Trinajstić information content (AvgIpc) is 3.02. The summed E-state index contributed by atoms with van der Waals surface area (Å²) in [5, 5.41) is 19.2. The number of hydrogen-bond donors (Lipinski definition) is 2. The summed E-state index contributed by atoms with van der Waals surface area (Å²) in [4.78, 5) is 23.5. The van der Waals surface area contributed by atoms with Crippen LogP contribution in [0.4, 0.5) is 0 Å². The fourth-order valence-electron chi connectivity index (χ4n) is 4.75. The van der Waals surface area contributed by atoms with Crippen LogP contribution in [0.1, 0.15) is 31.8 Å². The Hall–Kier alpha value is -1.80. The summed E-state index contributed by atoms with van der Waals surface area (Å²) in [6, 6.07) is 9.33. The Morgan fingerprint density at radius 3 is 1.15 bits per heavy atom. The molecule has 0 spiro atoms. The van der Waals surface area contributed by atoms with Gasteiger partial charge in [0.15, 0.2) is 0 Å². The highest BCUT2D eigenvalue weighted by Crippen LogP contribution is 2.33. The molecule has 2 aromatic rings. The highest BCUT2D eigenvalue weighted by atomic mass is 32.2. The predicted octanol–water partition coefficient (Wildman–Crippen LogP) is 7.39. The number of ether oxygens (including phenoxy) is 2. The second kappa shape index (κ2) is 21.2. The second-order valence-corrected chi connectivity index (χ2v) is 15.9. The lowest BCUT2D eigenvalue weighted by molar-refractivity contribution is 0.0685. The molecule has 0 aromatic heterocycles. The Morgan fingerprint density at radius 1 is 0.587 bits per heavy atom. The molecule has 0 unspecified atom stereocenters. The summed E-state index contributed by atoms with van der Waals surface area (Å²) >= 11 is 10.6. The third-order valence-corrected chi connectivity index (χ3v) is 12.1. The van der Waals surface area contributed by atoms with Gasteiger partial charge in [0.05, 0.1) is 35.5 Å². The molecule has 0 radical (unpaired) electrons. The summed E-state index contributed by atoms with van der Waals surface area (Å²) in [5.74, 6) is 16.0. The van der Waals surface area contributed by atoms with Gasteiger partial charge in [0.1, 0.15) is 11.5 Å². The SMILES string of the molecule is CSCC(COc1cc(C(=O)O)ccc1C#CC#Cc1ccc(C(=O)O)cc1OCC(CSC)(CSC)CSC)(CSC)CSC. The van der Waals surface area contributed by atoms with Crippen LogP contribution in [-0.2, 0) is 0 Å². The summed E-state index contributed by atoms with van der Waals surface area (Å²) in [6.07, 6.45) is 12.5. The number of carboxylic acid groups (broad SMARTS) is 2. The molecule has 0 aliphatic heterocycles. The molecular formula is C34H42O6S6. The summed E-state index contributed by atoms with van der Waals surface area (Å²) in [7, 11) is 0. The first-order valence-electron chi connectivity index (χ1n) is 14.1. The summed E-state index contributed by atoms with van der Waals surface area (Å²) < 4.78 is 12.6. The van der Waals surface area contributed by atoms with Crippen molar-refractivity contribution in [2.45, 2.75) is 0 Å². The van der Waals surface area contributed by atoms with Crippen molar-refractivity contribution in [2.24, 2.45) is 10.8 Å². The van der Waals surface area contributed by atoms with Crippen molar-refractivity contribution in [1.29, 1.82) is 0 Å². The molecular weight excluding hydrogens is 697 g/mol. The number of carbonyl (C=O) groups is 2. The van der Waals surface area contributed by atoms with Gasteiger partial charge in [-0.1, -0.05) is 0 Å². The van der Waals surface area contributed by atoms with Crippen LogP contribution in [0.2, 0.25) is 0 Å². The highest BCUT2D eigenvalue weighted by molar-refractivity contribution is 8.01. The quantitative estimate of drug-likeness (QED) is 0.133. The molecule has 0 fully saturated rings. The monoisotopic (exact) mass is 738 g/mol. The lowest BCUT2D eigenvalue weighted by atomic mass is 9.97. The van der Waals surface area contributed by atoms with Crippen LogP contribution in [-0.4, -0.2) is 107 Å². The number of benzene rings is 2. The predicted molar refractivity (Wildman–Crippen MR) is 207 cm³/mol. The minimum Gasteiger partial charge on any atom is -0.492 e. The molecule has 0 saturated heterocycles. The van der Waals surface area contributed by atoms with Gasteiger partial charge in [-0.3, -0.25) is 0 Å². The first kappa shape index (κ1) is 40.4. The van der Waals surface area contributed by atoms with Gasteiger partial charge in [-0.15, -0.1) is 0 Å². The molecule has 0 aliphatic rings. The van der Waals surface area contributed by atoms with Gasteiger partial charge in [0.25, 0.3) is 0 Å². The molecule has 46 heavy (non-hydrogen) atoms. The molecule has 0 heterocycles. The van der Waals surface area contributed by atoms with Crippen molar-refractivity contribution < 1.29 is 29.3 Å². The first-order valence-corrected chi connectivity index (χ1v) is 22.4. The van der Waals surface area contributed by atoms with Crippen molar-refractivity contribution >= 4 is 82.5 Å². The first-order chi connectivity index (χ1) is 22.1. The minimum absolute atomic E-state index is 0.0838. The summed E-state index contributed by atoms with van der Waals surface area (Å²) in [6.45, 7) is 0.862. The largest absolute Gasteiger partial charge is 0.492 e. The standard InChI is InChI=1S/C34H42O6S6/c1-41-19-33(20-42-2,21-43-3)17-39-29-15-27(31(35)36)13-11-25(29)9-7-8-10-26-12-14-28(32(37)38)16-30(26)40-18-34(22-44-4,23-45-5)24-46-6/h11-16H,17-24H2,1-6H3,(H,35,36)(H,37,38). The molecule has 0 aliphatic carbocycles. The number of carboxylic acids is 2. The van der Waals surface area contributed by atoms with Crippen LogP contribution < -0.4 is 9.47 Å². The smallest absolute Gasteiger partial charge is 0.335 e. The molecule has 0 bridgehead atoms. The summed E-state index contributed by atoms with van der Waals surface area (Å²) in [5.41, 5.74) is 1.16. The number of aromatic carboxylic acids is 2. The molecule has 12 heteroatoms. The van der Waals surface area contributed by atoms with E-state index in [-0.39, 0.29) is 22.0 Å². The van der Waals surface area contributed by atoms with Gasteiger partial charge < -0.3 is 19.7 Å². The lowest BCUT2D eigenvalue weighted by Gasteiger charge is -2.32. The molecule has 2 N–H and O–H groups in total. The zero-order chi connectivity index (χ0) is 34.0. The third-order valence-electron chi connectivity index (χ3n) is 6.68. The van der Waals surface area contributed by atoms with E-state index in [4.69, 9.17) is 9.47 Å². The average molecular weight is 739 g/mol. The van der Waals surface area contributed by atoms with Crippen molar-refractivity contribution in [3.05, 3.63) is 58.7 Å². The van der Waals surface area contributed by atoms with Gasteiger partial charge >= 0.3 is 11.9 Å². The molecule has 250 valence electrons. The van der Waals surface area contributed by atoms with Gasteiger partial charge in [0, 0.05) is 45.3 Å². The van der Waals surface area contributed by atoms with E-state index in [9.17, 15) is 19.8 Å². The fraction of sp³-hybridized carbons (Fsp3) is 0.471. The zero-order valence-corrected chi connectivity index (χ0v) is 32.0. The van der Waals surface area contributed by atoms with Crippen molar-refractivity contribution in [2.75, 3.05) is 85.3 Å².